The Morgan fingerprint density at radius 2 is 2.50 bits per heavy atom. The molecule has 1 rings (SSSR count). The van der Waals surface area contributed by atoms with Crippen LogP contribution in [0.1, 0.15) is 30.1 Å². The first-order valence-electron chi connectivity index (χ1n) is 5.02. The van der Waals surface area contributed by atoms with E-state index in [1.54, 1.807) is 6.07 Å². The van der Waals surface area contributed by atoms with Crippen LogP contribution in [-0.4, -0.2) is 16.9 Å². The van der Waals surface area contributed by atoms with Crippen molar-refractivity contribution in [2.75, 3.05) is 0 Å². The number of hydrogen-bond acceptors (Lipinski definition) is 2. The molecule has 1 unspecified atom stereocenters. The predicted octanol–water partition coefficient (Wildman–Crippen LogP) is 2.27. The fraction of sp³-hybridized carbons (Fsp3) is 0.333. The van der Waals surface area contributed by atoms with Gasteiger partial charge < -0.3 is 5.32 Å². The number of aromatic nitrogens is 1. The summed E-state index contributed by atoms with van der Waals surface area (Å²) in [6.45, 7) is 1.97. The minimum Gasteiger partial charge on any atom is -0.348 e. The minimum absolute atomic E-state index is 0.0197. The maximum atomic E-state index is 11.8. The number of terminal acetylenes is 1. The lowest BCUT2D eigenvalue weighted by Gasteiger charge is -2.14. The highest BCUT2D eigenvalue weighted by molar-refractivity contribution is 6.33. The third-order valence-electron chi connectivity index (χ3n) is 2.20. The van der Waals surface area contributed by atoms with Gasteiger partial charge in [0.05, 0.1) is 10.6 Å². The molecular formula is C12H13ClN2O. The van der Waals surface area contributed by atoms with Crippen molar-refractivity contribution in [2.45, 2.75) is 25.8 Å². The molecule has 1 amide bonds. The second-order valence-electron chi connectivity index (χ2n) is 3.34. The molecule has 0 radical (unpaired) electrons. The Balaban J connectivity index is 2.73. The normalized spacial score (nSPS) is 11.6. The van der Waals surface area contributed by atoms with Crippen molar-refractivity contribution in [1.29, 1.82) is 0 Å². The van der Waals surface area contributed by atoms with Crippen molar-refractivity contribution >= 4 is 17.5 Å². The van der Waals surface area contributed by atoms with E-state index in [-0.39, 0.29) is 11.9 Å². The van der Waals surface area contributed by atoms with E-state index in [0.29, 0.717) is 17.0 Å². The first-order valence-corrected chi connectivity index (χ1v) is 5.40. The van der Waals surface area contributed by atoms with Gasteiger partial charge in [-0.2, -0.15) is 0 Å². The van der Waals surface area contributed by atoms with Crippen LogP contribution in [0.15, 0.2) is 18.5 Å². The molecule has 0 fully saturated rings. The smallest absolute Gasteiger partial charge is 0.254 e. The van der Waals surface area contributed by atoms with Gasteiger partial charge in [-0.15, -0.1) is 12.3 Å². The summed E-state index contributed by atoms with van der Waals surface area (Å²) in [6.07, 6.45) is 9.49. The molecule has 0 aromatic carbocycles. The van der Waals surface area contributed by atoms with Crippen LogP contribution in [0.3, 0.4) is 0 Å². The van der Waals surface area contributed by atoms with E-state index < -0.39 is 0 Å². The summed E-state index contributed by atoms with van der Waals surface area (Å²) in [5, 5.41) is 3.21. The number of carbonyl (C=O) groups is 1. The molecule has 3 nitrogen and oxygen atoms in total. The van der Waals surface area contributed by atoms with E-state index in [4.69, 9.17) is 18.0 Å². The van der Waals surface area contributed by atoms with Crippen LogP contribution < -0.4 is 5.32 Å². The van der Waals surface area contributed by atoms with Gasteiger partial charge in [-0.05, 0) is 12.5 Å². The largest absolute Gasteiger partial charge is 0.348 e. The van der Waals surface area contributed by atoms with Gasteiger partial charge in [-0.1, -0.05) is 18.5 Å². The molecule has 0 saturated heterocycles. The van der Waals surface area contributed by atoms with Crippen LogP contribution in [0, 0.1) is 12.3 Å². The quantitative estimate of drug-likeness (QED) is 0.815. The van der Waals surface area contributed by atoms with Crippen LogP contribution in [-0.2, 0) is 0 Å². The zero-order valence-corrected chi connectivity index (χ0v) is 9.79. The van der Waals surface area contributed by atoms with Gasteiger partial charge in [0.1, 0.15) is 0 Å². The highest BCUT2D eigenvalue weighted by atomic mass is 35.5. The predicted molar refractivity (Wildman–Crippen MR) is 64.2 cm³/mol. The molecule has 0 aliphatic rings. The van der Waals surface area contributed by atoms with E-state index >= 15 is 0 Å². The molecule has 0 spiro atoms. The fourth-order valence-corrected chi connectivity index (χ4v) is 1.44. The molecule has 16 heavy (non-hydrogen) atoms. The number of pyridine rings is 1. The van der Waals surface area contributed by atoms with E-state index in [2.05, 4.69) is 16.2 Å². The third kappa shape index (κ3) is 3.25. The van der Waals surface area contributed by atoms with Gasteiger partial charge in [0.2, 0.25) is 0 Å². The van der Waals surface area contributed by atoms with Crippen LogP contribution >= 0.6 is 11.6 Å². The van der Waals surface area contributed by atoms with Crippen LogP contribution in [0.4, 0.5) is 0 Å². The van der Waals surface area contributed by atoms with Crippen LogP contribution in [0.2, 0.25) is 5.02 Å². The van der Waals surface area contributed by atoms with Gasteiger partial charge in [0.15, 0.2) is 0 Å². The average Bonchev–Trinajstić information content (AvgIpc) is 2.28. The number of halogens is 1. The first kappa shape index (κ1) is 12.5. The molecule has 1 atom stereocenters. The summed E-state index contributed by atoms with van der Waals surface area (Å²) in [5.41, 5.74) is 0.375. The average molecular weight is 237 g/mol. The Labute approximate surface area is 100 Å². The minimum atomic E-state index is -0.236. The summed E-state index contributed by atoms with van der Waals surface area (Å²) in [5.74, 6) is 2.29. The maximum Gasteiger partial charge on any atom is 0.254 e. The zero-order valence-electron chi connectivity index (χ0n) is 9.03. The van der Waals surface area contributed by atoms with E-state index in [1.807, 2.05) is 6.92 Å². The molecular weight excluding hydrogens is 224 g/mol. The molecule has 0 aliphatic heterocycles. The molecule has 1 N–H and O–H groups in total. The third-order valence-corrected chi connectivity index (χ3v) is 2.53. The lowest BCUT2D eigenvalue weighted by atomic mass is 10.1. The lowest BCUT2D eigenvalue weighted by molar-refractivity contribution is 0.0936. The lowest BCUT2D eigenvalue weighted by Crippen LogP contribution is -2.34. The standard InChI is InChI=1S/C12H13ClN2O/c1-3-5-9(4-2)15-12(16)10-8-14-7-6-11(10)13/h1,6-9H,4-5H2,2H3,(H,15,16). The molecule has 0 aliphatic carbocycles. The fourth-order valence-electron chi connectivity index (χ4n) is 1.25. The summed E-state index contributed by atoms with van der Waals surface area (Å²) in [7, 11) is 0. The Hall–Kier alpha value is -1.53. The van der Waals surface area contributed by atoms with Crippen molar-refractivity contribution in [2.24, 2.45) is 0 Å². The Bertz CT molecular complexity index is 412. The van der Waals surface area contributed by atoms with Crippen molar-refractivity contribution in [1.82, 2.24) is 10.3 Å². The summed E-state index contributed by atoms with van der Waals surface area (Å²) in [6, 6.07) is 1.56. The molecule has 1 aromatic rings. The van der Waals surface area contributed by atoms with Gasteiger partial charge in [0.25, 0.3) is 5.91 Å². The molecule has 4 heteroatoms. The zero-order chi connectivity index (χ0) is 12.0. The highest BCUT2D eigenvalue weighted by Crippen LogP contribution is 2.13. The summed E-state index contributed by atoms with van der Waals surface area (Å²) in [4.78, 5) is 15.7. The van der Waals surface area contributed by atoms with E-state index in [9.17, 15) is 4.79 Å². The summed E-state index contributed by atoms with van der Waals surface area (Å²) >= 11 is 5.88. The van der Waals surface area contributed by atoms with Gasteiger partial charge in [-0.3, -0.25) is 9.78 Å². The molecule has 0 saturated carbocycles. The second-order valence-corrected chi connectivity index (χ2v) is 3.75. The van der Waals surface area contributed by atoms with E-state index in [1.165, 1.54) is 12.4 Å². The molecule has 84 valence electrons. The van der Waals surface area contributed by atoms with Gasteiger partial charge in [-0.25, -0.2) is 0 Å². The Morgan fingerprint density at radius 3 is 3.06 bits per heavy atom. The molecule has 1 aromatic heterocycles. The topological polar surface area (TPSA) is 42.0 Å². The van der Waals surface area contributed by atoms with Crippen molar-refractivity contribution in [3.63, 3.8) is 0 Å². The van der Waals surface area contributed by atoms with E-state index in [0.717, 1.165) is 6.42 Å². The van der Waals surface area contributed by atoms with Crippen molar-refractivity contribution in [3.8, 4) is 12.3 Å². The van der Waals surface area contributed by atoms with Gasteiger partial charge in [0, 0.05) is 24.9 Å². The van der Waals surface area contributed by atoms with Gasteiger partial charge >= 0.3 is 0 Å². The number of amides is 1. The number of hydrogen-bond donors (Lipinski definition) is 1. The monoisotopic (exact) mass is 236 g/mol. The Morgan fingerprint density at radius 1 is 1.75 bits per heavy atom. The van der Waals surface area contributed by atoms with Crippen LogP contribution in [0.25, 0.3) is 0 Å². The number of rotatable bonds is 4. The maximum absolute atomic E-state index is 11.8. The number of carbonyl (C=O) groups excluding carboxylic acids is 1. The highest BCUT2D eigenvalue weighted by Gasteiger charge is 2.13. The Kier molecular flexibility index (Phi) is 4.81. The van der Waals surface area contributed by atoms with Crippen LogP contribution in [0.5, 0.6) is 0 Å². The second kappa shape index (κ2) is 6.14. The van der Waals surface area contributed by atoms with Crippen molar-refractivity contribution in [3.05, 3.63) is 29.0 Å². The summed E-state index contributed by atoms with van der Waals surface area (Å²) < 4.78 is 0. The SMILES string of the molecule is C#CCC(CC)NC(=O)c1cnccc1Cl. The molecule has 1 heterocycles. The van der Waals surface area contributed by atoms with Crippen molar-refractivity contribution < 1.29 is 4.79 Å². The number of nitrogens with one attached hydrogen (secondary N) is 1. The molecule has 0 bridgehead atoms. The first-order chi connectivity index (χ1) is 7.69. The number of nitrogens with zero attached hydrogens (tertiary/aromatic N) is 1.